The second-order valence-electron chi connectivity index (χ2n) is 6.62. The smallest absolute Gasteiger partial charge is 0.264 e. The molecule has 1 N–H and O–H groups in total. The SMILES string of the molecule is [2H]C([2H])([2H])CC([2H])([2H])Oc1ccc(C([2H])(CS(=O)(=O)C([2H])([2H])[2H])N2C(=O)c3cccc(NC(=O)C([2H])([2H])[2H])c3C2=O)cc1OC([2H])([2H])C([2H])([2H])[2H]. The number of nitrogens with one attached hydrogen (secondary N) is 1. The van der Waals surface area contributed by atoms with Gasteiger partial charge in [-0.25, -0.2) is 8.42 Å². The van der Waals surface area contributed by atoms with Gasteiger partial charge < -0.3 is 14.8 Å². The van der Waals surface area contributed by atoms with E-state index in [2.05, 4.69) is 0 Å². The monoisotopic (exact) mass is 505 g/mol. The number of sulfone groups is 1. The molecule has 0 radical (unpaired) electrons. The maximum absolute atomic E-state index is 13.9. The van der Waals surface area contributed by atoms with Crippen molar-refractivity contribution >= 4 is 33.2 Å². The third kappa shape index (κ3) is 5.39. The molecule has 0 fully saturated rings. The van der Waals surface area contributed by atoms with E-state index in [0.29, 0.717) is 18.2 Å². The minimum atomic E-state index is -5.49. The molecule has 2 aromatic carbocycles. The van der Waals surface area contributed by atoms with Crippen molar-refractivity contribution in [1.82, 2.24) is 4.90 Å². The van der Waals surface area contributed by atoms with E-state index in [1.807, 2.05) is 5.32 Å². The predicted molar refractivity (Wildman–Crippen MR) is 127 cm³/mol. The van der Waals surface area contributed by atoms with Crippen molar-refractivity contribution in [2.45, 2.75) is 33.0 Å². The Bertz CT molecular complexity index is 1840. The summed E-state index contributed by atoms with van der Waals surface area (Å²) in [6, 6.07) is 1.52. The lowest BCUT2D eigenvalue weighted by atomic mass is 10.1. The zero-order chi connectivity index (χ0) is 39.6. The van der Waals surface area contributed by atoms with Crippen LogP contribution in [0.2, 0.25) is 0 Å². The Balaban J connectivity index is 2.34. The van der Waals surface area contributed by atoms with Crippen LogP contribution in [0.15, 0.2) is 36.4 Å². The molecular formula is C24H28N2O7S. The molecule has 182 valence electrons. The van der Waals surface area contributed by atoms with E-state index in [-0.39, 0.29) is 4.90 Å². The number of fused-ring (bicyclic) bond motifs is 1. The van der Waals surface area contributed by atoms with E-state index in [4.69, 9.17) is 31.4 Å². The number of carbonyl (C=O) groups is 3. The molecule has 34 heavy (non-hydrogen) atoms. The summed E-state index contributed by atoms with van der Waals surface area (Å²) in [5.74, 6) is -8.51. The number of hydrogen-bond acceptors (Lipinski definition) is 7. The molecule has 1 unspecified atom stereocenters. The standard InChI is InChI=1S/C24H28N2O7S/c1-5-12-33-20-11-10-16(13-21(20)32-6-2)19(14-34(4,30)31)26-23(28)17-8-7-9-18(25-15(3)27)22(17)24(26)29/h7-11,13,19H,5-6,12,14H2,1-4H3,(H,25,27)/i1D3,2D3,3D3,4D3,6D2,12D2,19D. The van der Waals surface area contributed by atoms with Gasteiger partial charge in [-0.1, -0.05) is 19.0 Å². The normalized spacial score (nSPS) is 24.7. The summed E-state index contributed by atoms with van der Waals surface area (Å²) >= 11 is 0. The highest BCUT2D eigenvalue weighted by Gasteiger charge is 2.43. The van der Waals surface area contributed by atoms with E-state index in [9.17, 15) is 24.2 Å². The molecule has 10 heteroatoms. The van der Waals surface area contributed by atoms with Crippen molar-refractivity contribution in [3.63, 3.8) is 0 Å². The average Bonchev–Trinajstić information content (AvgIpc) is 3.16. The summed E-state index contributed by atoms with van der Waals surface area (Å²) in [6.45, 7) is -16.5. The van der Waals surface area contributed by atoms with Crippen LogP contribution in [0.1, 0.15) is 82.6 Å². The maximum Gasteiger partial charge on any atom is 0.264 e. The number of nitrogens with zero attached hydrogens (tertiary/aromatic N) is 1. The van der Waals surface area contributed by atoms with Crippen LogP contribution in [0, 0.1) is 0 Å². The Morgan fingerprint density at radius 3 is 2.76 bits per heavy atom. The molecule has 0 bridgehead atoms. The molecule has 1 atom stereocenters. The number of ether oxygens (including phenoxy) is 2. The number of rotatable bonds is 10. The molecule has 3 amide bonds. The molecule has 3 rings (SSSR count). The molecule has 0 spiro atoms. The van der Waals surface area contributed by atoms with Crippen molar-refractivity contribution in [3.8, 4) is 11.5 Å². The van der Waals surface area contributed by atoms with E-state index in [0.717, 1.165) is 18.2 Å². The number of imide groups is 1. The van der Waals surface area contributed by atoms with Crippen LogP contribution in [-0.2, 0) is 14.6 Å². The van der Waals surface area contributed by atoms with Gasteiger partial charge in [0.2, 0.25) is 5.91 Å². The Labute approximate surface area is 222 Å². The number of carbonyl (C=O) groups excluding carboxylic acids is 3. The largest absolute Gasteiger partial charge is 0.490 e. The maximum atomic E-state index is 13.9. The molecule has 1 aliphatic rings. The number of benzene rings is 2. The quantitative estimate of drug-likeness (QED) is 0.492. The zero-order valence-electron chi connectivity index (χ0n) is 34.1. The molecule has 1 heterocycles. The van der Waals surface area contributed by atoms with E-state index in [1.54, 1.807) is 0 Å². The van der Waals surface area contributed by atoms with Gasteiger partial charge >= 0.3 is 0 Å². The van der Waals surface area contributed by atoms with Crippen molar-refractivity contribution in [2.24, 2.45) is 0 Å². The molecule has 0 saturated heterocycles. The minimum absolute atomic E-state index is 0.0438. The average molecular weight is 506 g/mol. The summed E-state index contributed by atoms with van der Waals surface area (Å²) in [7, 11) is -5.49. The van der Waals surface area contributed by atoms with Crippen LogP contribution in [0.4, 0.5) is 5.69 Å². The van der Waals surface area contributed by atoms with Crippen LogP contribution >= 0.6 is 0 Å². The van der Waals surface area contributed by atoms with Gasteiger partial charge in [-0.3, -0.25) is 19.3 Å². The molecule has 1 aliphatic heterocycles. The van der Waals surface area contributed by atoms with Crippen molar-refractivity contribution in [3.05, 3.63) is 53.1 Å². The van der Waals surface area contributed by atoms with Crippen molar-refractivity contribution in [1.29, 1.82) is 0 Å². The number of anilines is 1. The van der Waals surface area contributed by atoms with Gasteiger partial charge in [-0.15, -0.1) is 0 Å². The van der Waals surface area contributed by atoms with Crippen LogP contribution < -0.4 is 14.8 Å². The predicted octanol–water partition coefficient (Wildman–Crippen LogP) is 3.21. The van der Waals surface area contributed by atoms with Gasteiger partial charge in [0.15, 0.2) is 11.5 Å². The summed E-state index contributed by atoms with van der Waals surface area (Å²) in [6.07, 6.45) is -5.15. The van der Waals surface area contributed by atoms with Gasteiger partial charge in [0.25, 0.3) is 11.8 Å². The summed E-state index contributed by atoms with van der Waals surface area (Å²) in [5, 5.41) is 1.93. The van der Waals surface area contributed by atoms with E-state index >= 15 is 0 Å². The van der Waals surface area contributed by atoms with Crippen LogP contribution in [0.5, 0.6) is 11.5 Å². The van der Waals surface area contributed by atoms with Gasteiger partial charge in [-0.05, 0) is 43.1 Å². The van der Waals surface area contributed by atoms with Gasteiger partial charge in [-0.2, -0.15) is 0 Å². The third-order valence-electron chi connectivity index (χ3n) is 4.45. The molecule has 0 saturated carbocycles. The Hall–Kier alpha value is -3.40. The van der Waals surface area contributed by atoms with Crippen LogP contribution in [-0.4, -0.2) is 56.1 Å². The highest BCUT2D eigenvalue weighted by Crippen LogP contribution is 2.38. The minimum Gasteiger partial charge on any atom is -0.490 e. The zero-order valence-corrected chi connectivity index (χ0v) is 17.9. The summed E-state index contributed by atoms with van der Waals surface area (Å²) in [5.41, 5.74) is -2.76. The van der Waals surface area contributed by atoms with E-state index in [1.165, 1.54) is 0 Å². The third-order valence-corrected chi connectivity index (χ3v) is 5.11. The van der Waals surface area contributed by atoms with Gasteiger partial charge in [0.05, 0.1) is 48.6 Å². The topological polar surface area (TPSA) is 119 Å². The first-order valence-electron chi connectivity index (χ1n) is 17.7. The summed E-state index contributed by atoms with van der Waals surface area (Å²) < 4.78 is 166. The Morgan fingerprint density at radius 1 is 1.18 bits per heavy atom. The number of hydrogen-bond donors (Lipinski definition) is 1. The molecule has 9 nitrogen and oxygen atoms in total. The Morgan fingerprint density at radius 2 is 2.03 bits per heavy atom. The Kier molecular flexibility index (Phi) is 3.29. The van der Waals surface area contributed by atoms with Gasteiger partial charge in [0, 0.05) is 29.5 Å². The van der Waals surface area contributed by atoms with Crippen molar-refractivity contribution in [2.75, 3.05) is 30.4 Å². The number of amides is 3. The first-order chi connectivity index (χ1) is 22.6. The van der Waals surface area contributed by atoms with Crippen LogP contribution in [0.3, 0.4) is 0 Å². The molecule has 0 aromatic heterocycles. The lowest BCUT2D eigenvalue weighted by molar-refractivity contribution is -0.114. The fourth-order valence-corrected chi connectivity index (χ4v) is 3.89. The molecule has 2 aromatic rings. The molecular weight excluding hydrogens is 460 g/mol. The highest BCUT2D eigenvalue weighted by atomic mass is 32.2. The second-order valence-corrected chi connectivity index (χ2v) is 8.14. The van der Waals surface area contributed by atoms with Gasteiger partial charge in [0.1, 0.15) is 9.84 Å². The van der Waals surface area contributed by atoms with E-state index < -0.39 is 119 Å². The lowest BCUT2D eigenvalue weighted by Crippen LogP contribution is -2.37. The fraction of sp³-hybridized carbons (Fsp3) is 0.375. The summed E-state index contributed by atoms with van der Waals surface area (Å²) in [4.78, 5) is 39.9. The lowest BCUT2D eigenvalue weighted by Gasteiger charge is -2.27. The fourth-order valence-electron chi connectivity index (χ4n) is 3.23. The first-order valence-corrected chi connectivity index (χ1v) is 10.9. The molecule has 0 aliphatic carbocycles. The second kappa shape index (κ2) is 10.3. The van der Waals surface area contributed by atoms with Crippen molar-refractivity contribution < 1.29 is 55.6 Å². The van der Waals surface area contributed by atoms with Crippen LogP contribution in [0.25, 0.3) is 0 Å². The first kappa shape index (κ1) is 10.9. The highest BCUT2D eigenvalue weighted by molar-refractivity contribution is 7.90.